The van der Waals surface area contributed by atoms with Gasteiger partial charge in [-0.05, 0) is 31.0 Å². The number of nitrogens with two attached hydrogens (primary N) is 2. The summed E-state index contributed by atoms with van der Waals surface area (Å²) in [6.07, 6.45) is 3.04. The third-order valence-electron chi connectivity index (χ3n) is 3.37. The minimum Gasteiger partial charge on any atom is -0.368 e. The van der Waals surface area contributed by atoms with Gasteiger partial charge in [0.25, 0.3) is 0 Å². The van der Waals surface area contributed by atoms with Crippen LogP contribution in [0.4, 0.5) is 4.39 Å². The Kier molecular flexibility index (Phi) is 5.91. The van der Waals surface area contributed by atoms with Gasteiger partial charge in [-0.2, -0.15) is 5.10 Å². The summed E-state index contributed by atoms with van der Waals surface area (Å²) in [5.41, 5.74) is 6.49. The van der Waals surface area contributed by atoms with Crippen molar-refractivity contribution in [2.24, 2.45) is 16.7 Å². The Morgan fingerprint density at radius 1 is 1.55 bits per heavy atom. The Hall–Kier alpha value is -1.66. The van der Waals surface area contributed by atoms with Crippen molar-refractivity contribution < 1.29 is 9.18 Å². The third kappa shape index (κ3) is 3.68. The molecule has 20 heavy (non-hydrogen) atoms. The molecule has 0 unspecified atom stereocenters. The fourth-order valence-electron chi connectivity index (χ4n) is 2.41. The highest BCUT2D eigenvalue weighted by atomic mass is 35.5. The van der Waals surface area contributed by atoms with Gasteiger partial charge in [-0.3, -0.25) is 9.69 Å². The van der Waals surface area contributed by atoms with E-state index in [2.05, 4.69) is 5.10 Å². The lowest BCUT2D eigenvalue weighted by Crippen LogP contribution is -2.39. The largest absolute Gasteiger partial charge is 0.368 e. The fraction of sp³-hybridized carbons (Fsp3) is 0.385. The van der Waals surface area contributed by atoms with E-state index < -0.39 is 0 Å². The number of amides is 1. The average Bonchev–Trinajstić information content (AvgIpc) is 2.81. The second kappa shape index (κ2) is 7.21. The van der Waals surface area contributed by atoms with Crippen LogP contribution in [0.2, 0.25) is 0 Å². The summed E-state index contributed by atoms with van der Waals surface area (Å²) in [7, 11) is 0. The van der Waals surface area contributed by atoms with Gasteiger partial charge in [-0.25, -0.2) is 4.39 Å². The number of benzene rings is 1. The molecule has 1 fully saturated rings. The van der Waals surface area contributed by atoms with Crippen molar-refractivity contribution in [3.63, 3.8) is 0 Å². The van der Waals surface area contributed by atoms with Crippen LogP contribution >= 0.6 is 12.4 Å². The monoisotopic (exact) mass is 300 g/mol. The van der Waals surface area contributed by atoms with Gasteiger partial charge in [-0.1, -0.05) is 12.1 Å². The molecule has 0 spiro atoms. The van der Waals surface area contributed by atoms with E-state index in [4.69, 9.17) is 11.6 Å². The Morgan fingerprint density at radius 2 is 2.30 bits per heavy atom. The maximum absolute atomic E-state index is 13.9. The zero-order valence-electron chi connectivity index (χ0n) is 11.0. The second-order valence-corrected chi connectivity index (χ2v) is 4.66. The van der Waals surface area contributed by atoms with Crippen molar-refractivity contribution in [3.8, 4) is 0 Å². The summed E-state index contributed by atoms with van der Waals surface area (Å²) >= 11 is 0. The molecular formula is C13H18ClFN4O. The quantitative estimate of drug-likeness (QED) is 0.494. The molecule has 1 aromatic rings. The predicted molar refractivity (Wildman–Crippen MR) is 78.1 cm³/mol. The lowest BCUT2D eigenvalue weighted by Gasteiger charge is -2.22. The molecule has 5 nitrogen and oxygen atoms in total. The number of hydrazone groups is 1. The smallest absolute Gasteiger partial charge is 0.234 e. The number of halogens is 2. The molecule has 2 rings (SSSR count). The number of hydrogen-bond acceptors (Lipinski definition) is 4. The van der Waals surface area contributed by atoms with E-state index in [-0.39, 0.29) is 30.2 Å². The summed E-state index contributed by atoms with van der Waals surface area (Å²) < 4.78 is 13.9. The molecule has 0 aromatic heterocycles. The molecule has 0 bridgehead atoms. The van der Waals surface area contributed by atoms with Crippen LogP contribution in [-0.4, -0.2) is 29.6 Å². The van der Waals surface area contributed by atoms with Crippen molar-refractivity contribution >= 4 is 24.5 Å². The molecule has 1 aliphatic heterocycles. The van der Waals surface area contributed by atoms with Crippen molar-refractivity contribution in [2.75, 3.05) is 6.54 Å². The van der Waals surface area contributed by atoms with Crippen LogP contribution in [0.25, 0.3) is 0 Å². The Balaban J connectivity index is 0.00000200. The van der Waals surface area contributed by atoms with E-state index in [0.29, 0.717) is 17.7 Å². The molecule has 4 N–H and O–H groups in total. The van der Waals surface area contributed by atoms with Crippen LogP contribution in [-0.2, 0) is 11.3 Å². The molecule has 0 aliphatic carbocycles. The topological polar surface area (TPSA) is 84.7 Å². The lowest BCUT2D eigenvalue weighted by molar-refractivity contribution is -0.122. The molecule has 1 atom stereocenters. The van der Waals surface area contributed by atoms with Crippen LogP contribution in [0.1, 0.15) is 24.0 Å². The highest BCUT2D eigenvalue weighted by Crippen LogP contribution is 2.21. The van der Waals surface area contributed by atoms with Gasteiger partial charge < -0.3 is 11.6 Å². The maximum atomic E-state index is 13.9. The van der Waals surface area contributed by atoms with Crippen LogP contribution in [0.5, 0.6) is 0 Å². The number of rotatable bonds is 4. The van der Waals surface area contributed by atoms with Crippen LogP contribution < -0.4 is 11.6 Å². The summed E-state index contributed by atoms with van der Waals surface area (Å²) in [4.78, 5) is 13.2. The minimum absolute atomic E-state index is 0. The first kappa shape index (κ1) is 16.4. The normalized spacial score (nSPS) is 19.1. The summed E-state index contributed by atoms with van der Waals surface area (Å²) in [5.74, 6) is 4.35. The predicted octanol–water partition coefficient (Wildman–Crippen LogP) is 0.990. The Morgan fingerprint density at radius 3 is 2.90 bits per heavy atom. The molecule has 1 saturated heterocycles. The number of carbonyl (C=O) groups excluding carboxylic acids is 1. The number of carbonyl (C=O) groups is 1. The summed E-state index contributed by atoms with van der Waals surface area (Å²) in [5, 5.41) is 3.35. The molecule has 0 saturated carbocycles. The zero-order chi connectivity index (χ0) is 13.8. The highest BCUT2D eigenvalue weighted by molar-refractivity contribution is 5.85. The molecule has 0 radical (unpaired) electrons. The van der Waals surface area contributed by atoms with Crippen molar-refractivity contribution in [1.82, 2.24) is 4.90 Å². The van der Waals surface area contributed by atoms with E-state index in [1.165, 1.54) is 12.3 Å². The first-order chi connectivity index (χ1) is 9.11. The Bertz CT molecular complexity index is 509. The van der Waals surface area contributed by atoms with Gasteiger partial charge in [-0.15, -0.1) is 12.4 Å². The van der Waals surface area contributed by atoms with Gasteiger partial charge in [0.1, 0.15) is 5.82 Å². The van der Waals surface area contributed by atoms with E-state index in [1.54, 1.807) is 12.1 Å². The van der Waals surface area contributed by atoms with Crippen LogP contribution in [0.15, 0.2) is 23.3 Å². The van der Waals surface area contributed by atoms with Crippen molar-refractivity contribution in [3.05, 3.63) is 35.1 Å². The summed E-state index contributed by atoms with van der Waals surface area (Å²) in [6.45, 7) is 1.15. The van der Waals surface area contributed by atoms with Crippen molar-refractivity contribution in [2.45, 2.75) is 25.4 Å². The third-order valence-corrected chi connectivity index (χ3v) is 3.37. The standard InChI is InChI=1S/C13H17FN4O.ClH/c14-11-6-9(7-17-16)3-4-10(11)8-18-5-1-2-12(18)13(15)19;/h3-4,6-7,12H,1-2,5,8,16H2,(H2,15,19);1H/t12-;/m0./s1. The first-order valence-corrected chi connectivity index (χ1v) is 6.17. The van der Waals surface area contributed by atoms with Crippen LogP contribution in [0, 0.1) is 5.82 Å². The van der Waals surface area contributed by atoms with Crippen molar-refractivity contribution in [1.29, 1.82) is 0 Å². The van der Waals surface area contributed by atoms with Gasteiger partial charge in [0, 0.05) is 12.1 Å². The summed E-state index contributed by atoms with van der Waals surface area (Å²) in [6, 6.07) is 4.51. The second-order valence-electron chi connectivity index (χ2n) is 4.66. The van der Waals surface area contributed by atoms with E-state index in [1.807, 2.05) is 4.90 Å². The molecule has 1 heterocycles. The van der Waals surface area contributed by atoms with Gasteiger partial charge in [0.2, 0.25) is 5.91 Å². The lowest BCUT2D eigenvalue weighted by atomic mass is 10.1. The molecule has 1 aliphatic rings. The highest BCUT2D eigenvalue weighted by Gasteiger charge is 2.29. The fourth-order valence-corrected chi connectivity index (χ4v) is 2.41. The SMILES string of the molecule is Cl.NN=Cc1ccc(CN2CCC[C@H]2C(N)=O)c(F)c1. The number of primary amides is 1. The molecule has 7 heteroatoms. The molecule has 1 amide bonds. The molecule has 1 aromatic carbocycles. The Labute approximate surface area is 123 Å². The maximum Gasteiger partial charge on any atom is 0.234 e. The minimum atomic E-state index is -0.343. The number of likely N-dealkylation sites (tertiary alicyclic amines) is 1. The molecular weight excluding hydrogens is 283 g/mol. The number of nitrogens with zero attached hydrogens (tertiary/aromatic N) is 2. The van der Waals surface area contributed by atoms with Gasteiger partial charge >= 0.3 is 0 Å². The van der Waals surface area contributed by atoms with E-state index in [9.17, 15) is 9.18 Å². The van der Waals surface area contributed by atoms with Gasteiger partial charge in [0.15, 0.2) is 0 Å². The van der Waals surface area contributed by atoms with Crippen LogP contribution in [0.3, 0.4) is 0 Å². The molecule has 110 valence electrons. The van der Waals surface area contributed by atoms with Gasteiger partial charge in [0.05, 0.1) is 12.3 Å². The van der Waals surface area contributed by atoms with E-state index >= 15 is 0 Å². The van der Waals surface area contributed by atoms with E-state index in [0.717, 1.165) is 19.4 Å². The average molecular weight is 301 g/mol. The zero-order valence-corrected chi connectivity index (χ0v) is 11.8. The number of hydrogen-bond donors (Lipinski definition) is 2. The first-order valence-electron chi connectivity index (χ1n) is 6.17.